The lowest BCUT2D eigenvalue weighted by Gasteiger charge is -1.94. The van der Waals surface area contributed by atoms with Gasteiger partial charge in [-0.15, -0.1) is 19.0 Å². The van der Waals surface area contributed by atoms with Crippen LogP contribution in [-0.4, -0.2) is 17.8 Å². The van der Waals surface area contributed by atoms with Crippen LogP contribution >= 0.6 is 12.4 Å². The van der Waals surface area contributed by atoms with Crippen molar-refractivity contribution in [3.05, 3.63) is 12.7 Å². The van der Waals surface area contributed by atoms with E-state index in [0.717, 1.165) is 0 Å². The first-order valence-electron chi connectivity index (χ1n) is 1.80. The summed E-state index contributed by atoms with van der Waals surface area (Å²) in [5, 5.41) is 8.14. The highest BCUT2D eigenvalue weighted by molar-refractivity contribution is 5.85. The van der Waals surface area contributed by atoms with Gasteiger partial charge in [0, 0.05) is 6.04 Å². The molecule has 44 valence electrons. The molecule has 0 amide bonds. The van der Waals surface area contributed by atoms with E-state index < -0.39 is 0 Å². The first-order chi connectivity index (χ1) is 2.81. The first kappa shape index (κ1) is 10.0. The van der Waals surface area contributed by atoms with Crippen LogP contribution in [0.15, 0.2) is 12.7 Å². The Kier molecular flexibility index (Phi) is 8.54. The second kappa shape index (κ2) is 5.95. The van der Waals surface area contributed by atoms with E-state index in [0.29, 0.717) is 0 Å². The standard InChI is InChI=1S/C4H9NO.ClH/c1-2-4(5)3-6;/h2,4,6H,1,3,5H2;1H/t4-;/m0./s1. The van der Waals surface area contributed by atoms with Gasteiger partial charge < -0.3 is 10.8 Å². The van der Waals surface area contributed by atoms with Crippen molar-refractivity contribution in [2.45, 2.75) is 6.04 Å². The van der Waals surface area contributed by atoms with Crippen LogP contribution in [0.4, 0.5) is 0 Å². The van der Waals surface area contributed by atoms with Gasteiger partial charge >= 0.3 is 0 Å². The molecular weight excluding hydrogens is 114 g/mol. The van der Waals surface area contributed by atoms with E-state index >= 15 is 0 Å². The number of hydrogen-bond acceptors (Lipinski definition) is 2. The summed E-state index contributed by atoms with van der Waals surface area (Å²) in [5.41, 5.74) is 5.10. The molecule has 0 aromatic carbocycles. The molecule has 2 nitrogen and oxygen atoms in total. The van der Waals surface area contributed by atoms with E-state index in [1.807, 2.05) is 0 Å². The SMILES string of the molecule is C=C[C@H](N)CO.Cl. The smallest absolute Gasteiger partial charge is 0.0618 e. The number of aliphatic hydroxyl groups is 1. The zero-order valence-corrected chi connectivity index (χ0v) is 4.82. The van der Waals surface area contributed by atoms with Gasteiger partial charge in [0.1, 0.15) is 0 Å². The van der Waals surface area contributed by atoms with Gasteiger partial charge in [0.25, 0.3) is 0 Å². The van der Waals surface area contributed by atoms with E-state index in [4.69, 9.17) is 10.8 Å². The van der Waals surface area contributed by atoms with Gasteiger partial charge in [-0.05, 0) is 0 Å². The van der Waals surface area contributed by atoms with Gasteiger partial charge in [-0.25, -0.2) is 0 Å². The third kappa shape index (κ3) is 5.95. The zero-order valence-electron chi connectivity index (χ0n) is 4.00. The minimum absolute atomic E-state index is 0. The molecule has 0 fully saturated rings. The van der Waals surface area contributed by atoms with Crippen LogP contribution < -0.4 is 5.73 Å². The molecule has 0 saturated heterocycles. The molecule has 0 aliphatic heterocycles. The minimum atomic E-state index is -0.245. The summed E-state index contributed by atoms with van der Waals surface area (Å²) in [6.45, 7) is 3.34. The van der Waals surface area contributed by atoms with Crippen molar-refractivity contribution in [1.29, 1.82) is 0 Å². The van der Waals surface area contributed by atoms with Crippen LogP contribution in [0.3, 0.4) is 0 Å². The van der Waals surface area contributed by atoms with E-state index in [2.05, 4.69) is 6.58 Å². The Balaban J connectivity index is 0. The maximum absolute atomic E-state index is 8.14. The highest BCUT2D eigenvalue weighted by Crippen LogP contribution is 1.70. The number of nitrogens with two attached hydrogens (primary N) is 1. The van der Waals surface area contributed by atoms with Gasteiger partial charge in [0.15, 0.2) is 0 Å². The second-order valence-corrected chi connectivity index (χ2v) is 1.08. The molecular formula is C4H10ClNO. The Morgan fingerprint density at radius 2 is 2.29 bits per heavy atom. The molecule has 7 heavy (non-hydrogen) atoms. The molecule has 0 rings (SSSR count). The summed E-state index contributed by atoms with van der Waals surface area (Å²) in [7, 11) is 0. The molecule has 3 N–H and O–H groups in total. The van der Waals surface area contributed by atoms with Crippen LogP contribution in [0, 0.1) is 0 Å². The first-order valence-corrected chi connectivity index (χ1v) is 1.80. The molecule has 1 atom stereocenters. The summed E-state index contributed by atoms with van der Waals surface area (Å²) < 4.78 is 0. The molecule has 0 unspecified atom stereocenters. The number of hydrogen-bond donors (Lipinski definition) is 2. The number of aliphatic hydroxyl groups excluding tert-OH is 1. The molecule has 0 spiro atoms. The molecule has 0 heterocycles. The third-order valence-electron chi connectivity index (χ3n) is 0.514. The van der Waals surface area contributed by atoms with Crippen LogP contribution in [0.1, 0.15) is 0 Å². The Hall–Kier alpha value is -0.0500. The van der Waals surface area contributed by atoms with Crippen molar-refractivity contribution < 1.29 is 5.11 Å². The van der Waals surface area contributed by atoms with Crippen LogP contribution in [0.25, 0.3) is 0 Å². The Bertz CT molecular complexity index is 49.0. The fourth-order valence-electron chi connectivity index (χ4n) is 0.0745. The Morgan fingerprint density at radius 3 is 2.29 bits per heavy atom. The van der Waals surface area contributed by atoms with Crippen molar-refractivity contribution >= 4 is 12.4 Å². The summed E-state index contributed by atoms with van der Waals surface area (Å²) in [4.78, 5) is 0. The predicted octanol–water partition coefficient (Wildman–Crippen LogP) is -0.0862. The summed E-state index contributed by atoms with van der Waals surface area (Å²) in [5.74, 6) is 0. The van der Waals surface area contributed by atoms with Crippen molar-refractivity contribution in [3.8, 4) is 0 Å². The molecule has 0 bridgehead atoms. The lowest BCUT2D eigenvalue weighted by molar-refractivity contribution is 0.284. The highest BCUT2D eigenvalue weighted by Gasteiger charge is 1.85. The van der Waals surface area contributed by atoms with E-state index in [1.54, 1.807) is 0 Å². The van der Waals surface area contributed by atoms with Gasteiger partial charge in [-0.1, -0.05) is 6.08 Å². The van der Waals surface area contributed by atoms with Crippen molar-refractivity contribution in [3.63, 3.8) is 0 Å². The molecule has 0 aromatic heterocycles. The minimum Gasteiger partial charge on any atom is -0.394 e. The van der Waals surface area contributed by atoms with Crippen LogP contribution in [0.2, 0.25) is 0 Å². The fraction of sp³-hybridized carbons (Fsp3) is 0.500. The lowest BCUT2D eigenvalue weighted by atomic mass is 10.3. The molecule has 0 radical (unpaired) electrons. The van der Waals surface area contributed by atoms with Crippen molar-refractivity contribution in [1.82, 2.24) is 0 Å². The van der Waals surface area contributed by atoms with Gasteiger partial charge in [-0.2, -0.15) is 0 Å². The molecule has 0 aromatic rings. The summed E-state index contributed by atoms with van der Waals surface area (Å²) in [6.07, 6.45) is 1.50. The van der Waals surface area contributed by atoms with E-state index in [-0.39, 0.29) is 25.1 Å². The maximum Gasteiger partial charge on any atom is 0.0618 e. The summed E-state index contributed by atoms with van der Waals surface area (Å²) in [6, 6.07) is -0.245. The van der Waals surface area contributed by atoms with Crippen LogP contribution in [-0.2, 0) is 0 Å². The van der Waals surface area contributed by atoms with Gasteiger partial charge in [-0.3, -0.25) is 0 Å². The zero-order chi connectivity index (χ0) is 4.99. The van der Waals surface area contributed by atoms with Crippen molar-refractivity contribution in [2.24, 2.45) is 5.73 Å². The molecule has 0 aliphatic rings. The second-order valence-electron chi connectivity index (χ2n) is 1.08. The normalized spacial score (nSPS) is 11.7. The largest absolute Gasteiger partial charge is 0.394 e. The average molecular weight is 124 g/mol. The highest BCUT2D eigenvalue weighted by atomic mass is 35.5. The molecule has 0 aliphatic carbocycles. The number of rotatable bonds is 2. The average Bonchev–Trinajstić information content (AvgIpc) is 1.65. The monoisotopic (exact) mass is 123 g/mol. The number of halogens is 1. The third-order valence-corrected chi connectivity index (χ3v) is 0.514. The van der Waals surface area contributed by atoms with Crippen LogP contribution in [0.5, 0.6) is 0 Å². The fourth-order valence-corrected chi connectivity index (χ4v) is 0.0745. The Morgan fingerprint density at radius 1 is 1.86 bits per heavy atom. The molecule has 0 saturated carbocycles. The topological polar surface area (TPSA) is 46.2 Å². The maximum atomic E-state index is 8.14. The molecule has 3 heteroatoms. The van der Waals surface area contributed by atoms with E-state index in [1.165, 1.54) is 6.08 Å². The van der Waals surface area contributed by atoms with Crippen molar-refractivity contribution in [2.75, 3.05) is 6.61 Å². The summed E-state index contributed by atoms with van der Waals surface area (Å²) >= 11 is 0. The lowest BCUT2D eigenvalue weighted by Crippen LogP contribution is -2.20. The quantitative estimate of drug-likeness (QED) is 0.505. The predicted molar refractivity (Wildman–Crippen MR) is 32.5 cm³/mol. The van der Waals surface area contributed by atoms with E-state index in [9.17, 15) is 0 Å². The van der Waals surface area contributed by atoms with Gasteiger partial charge in [0.05, 0.1) is 6.61 Å². The Labute approximate surface area is 49.4 Å². The van der Waals surface area contributed by atoms with Gasteiger partial charge in [0.2, 0.25) is 0 Å².